The van der Waals surface area contributed by atoms with Crippen molar-refractivity contribution in [1.82, 2.24) is 15.6 Å². The van der Waals surface area contributed by atoms with Gasteiger partial charge in [-0.15, -0.1) is 35.3 Å². The molecule has 1 aliphatic carbocycles. The summed E-state index contributed by atoms with van der Waals surface area (Å²) in [6, 6.07) is 0. The van der Waals surface area contributed by atoms with Crippen molar-refractivity contribution in [3.05, 3.63) is 11.1 Å². The number of carbonyl (C=O) groups is 1. The molecule has 0 saturated heterocycles. The molecular formula is C18H32IN5O2S. The van der Waals surface area contributed by atoms with E-state index in [0.29, 0.717) is 19.5 Å². The molecule has 7 nitrogen and oxygen atoms in total. The number of hydrogen-bond acceptors (Lipinski definition) is 6. The number of hydrogen-bond donors (Lipinski definition) is 2. The highest BCUT2D eigenvalue weighted by Crippen LogP contribution is 2.21. The minimum atomic E-state index is -0.0840. The highest BCUT2D eigenvalue weighted by Gasteiger charge is 2.18. The van der Waals surface area contributed by atoms with Gasteiger partial charge in [0.2, 0.25) is 0 Å². The lowest BCUT2D eigenvalue weighted by Crippen LogP contribution is -2.38. The molecule has 0 aromatic carbocycles. The van der Waals surface area contributed by atoms with Crippen LogP contribution in [0.2, 0.25) is 0 Å². The lowest BCUT2D eigenvalue weighted by Gasteiger charge is -2.12. The number of aromatic nitrogens is 1. The van der Waals surface area contributed by atoms with Gasteiger partial charge < -0.3 is 20.3 Å². The molecule has 1 aliphatic rings. The Morgan fingerprint density at radius 3 is 2.74 bits per heavy atom. The van der Waals surface area contributed by atoms with E-state index in [0.717, 1.165) is 42.6 Å². The van der Waals surface area contributed by atoms with Crippen molar-refractivity contribution >= 4 is 52.4 Å². The summed E-state index contributed by atoms with van der Waals surface area (Å²) in [5.41, 5.74) is 0.955. The van der Waals surface area contributed by atoms with E-state index in [1.54, 1.807) is 11.3 Å². The summed E-state index contributed by atoms with van der Waals surface area (Å²) in [5.74, 6) is 0.662. The van der Waals surface area contributed by atoms with Crippen molar-refractivity contribution in [2.24, 2.45) is 4.99 Å². The van der Waals surface area contributed by atoms with E-state index >= 15 is 0 Å². The van der Waals surface area contributed by atoms with Crippen LogP contribution in [-0.2, 0) is 16.1 Å². The Kier molecular flexibility index (Phi) is 11.7. The second kappa shape index (κ2) is 13.1. The Morgan fingerprint density at radius 2 is 2.11 bits per heavy atom. The van der Waals surface area contributed by atoms with Crippen LogP contribution < -0.4 is 15.5 Å². The van der Waals surface area contributed by atoms with Gasteiger partial charge in [0.15, 0.2) is 11.1 Å². The predicted molar refractivity (Wildman–Crippen MR) is 122 cm³/mol. The third kappa shape index (κ3) is 9.09. The molecule has 1 heterocycles. The molecule has 0 atom stereocenters. The number of halogens is 1. The summed E-state index contributed by atoms with van der Waals surface area (Å²) in [7, 11) is 3.96. The predicted octanol–water partition coefficient (Wildman–Crippen LogP) is 3.15. The molecule has 2 N–H and O–H groups in total. The second-order valence-electron chi connectivity index (χ2n) is 6.64. The van der Waals surface area contributed by atoms with Crippen molar-refractivity contribution in [2.75, 3.05) is 32.1 Å². The minimum Gasteiger partial charge on any atom is -0.462 e. The second-order valence-corrected chi connectivity index (χ2v) is 7.47. The summed E-state index contributed by atoms with van der Waals surface area (Å²) in [4.78, 5) is 22.9. The van der Waals surface area contributed by atoms with Gasteiger partial charge in [0, 0.05) is 39.0 Å². The van der Waals surface area contributed by atoms with Crippen LogP contribution in [0.3, 0.4) is 0 Å². The van der Waals surface area contributed by atoms with E-state index < -0.39 is 0 Å². The first kappa shape index (κ1) is 23.9. The Labute approximate surface area is 183 Å². The highest BCUT2D eigenvalue weighted by atomic mass is 127. The zero-order valence-electron chi connectivity index (χ0n) is 16.5. The number of guanidine groups is 1. The fraction of sp³-hybridized carbons (Fsp3) is 0.722. The van der Waals surface area contributed by atoms with Gasteiger partial charge in [-0.1, -0.05) is 0 Å². The number of nitrogens with zero attached hydrogens (tertiary/aromatic N) is 3. The smallest absolute Gasteiger partial charge is 0.306 e. The zero-order chi connectivity index (χ0) is 18.8. The first-order valence-electron chi connectivity index (χ1n) is 9.42. The van der Waals surface area contributed by atoms with Gasteiger partial charge in [0.25, 0.3) is 0 Å². The fourth-order valence-electron chi connectivity index (χ4n) is 2.77. The van der Waals surface area contributed by atoms with Gasteiger partial charge in [-0.3, -0.25) is 4.79 Å². The van der Waals surface area contributed by atoms with Gasteiger partial charge in [-0.2, -0.15) is 0 Å². The summed E-state index contributed by atoms with van der Waals surface area (Å²) >= 11 is 1.61. The molecule has 1 aromatic rings. The minimum absolute atomic E-state index is 0. The molecular weight excluding hydrogens is 477 g/mol. The standard InChI is InChI=1S/C18H31N5O2S.HI/c1-4-19-17(21-12-14-13-26-18(22-14)23(2)3)20-11-7-10-16(24)25-15-8-5-6-9-15;/h13,15H,4-12H2,1-3H3,(H2,19,20,21);1H. The van der Waals surface area contributed by atoms with E-state index in [1.807, 2.05) is 31.3 Å². The van der Waals surface area contributed by atoms with Crippen LogP contribution in [0.4, 0.5) is 5.13 Å². The van der Waals surface area contributed by atoms with Gasteiger partial charge >= 0.3 is 5.97 Å². The number of anilines is 1. The fourth-order valence-corrected chi connectivity index (χ4v) is 3.52. The van der Waals surface area contributed by atoms with Crippen molar-refractivity contribution in [2.45, 2.75) is 58.1 Å². The molecule has 154 valence electrons. The van der Waals surface area contributed by atoms with Crippen LogP contribution >= 0.6 is 35.3 Å². The van der Waals surface area contributed by atoms with E-state index in [1.165, 1.54) is 12.8 Å². The number of carbonyl (C=O) groups excluding carboxylic acids is 1. The highest BCUT2D eigenvalue weighted by molar-refractivity contribution is 14.0. The van der Waals surface area contributed by atoms with E-state index in [-0.39, 0.29) is 36.0 Å². The number of ether oxygens (including phenoxy) is 1. The van der Waals surface area contributed by atoms with E-state index in [2.05, 4.69) is 20.6 Å². The van der Waals surface area contributed by atoms with Crippen LogP contribution in [0.5, 0.6) is 0 Å². The maximum atomic E-state index is 11.8. The summed E-state index contributed by atoms with van der Waals surface area (Å²) in [5, 5.41) is 9.49. The van der Waals surface area contributed by atoms with Crippen LogP contribution in [0.1, 0.15) is 51.1 Å². The van der Waals surface area contributed by atoms with Gasteiger partial charge in [0.1, 0.15) is 6.10 Å². The number of aliphatic imine (C=N–C) groups is 1. The van der Waals surface area contributed by atoms with E-state index in [4.69, 9.17) is 4.74 Å². The van der Waals surface area contributed by atoms with Crippen molar-refractivity contribution in [3.63, 3.8) is 0 Å². The van der Waals surface area contributed by atoms with Crippen LogP contribution in [-0.4, -0.2) is 50.2 Å². The lowest BCUT2D eigenvalue weighted by atomic mass is 10.3. The SMILES string of the molecule is CCNC(=NCc1csc(N(C)C)n1)NCCCC(=O)OC1CCCC1.I. The van der Waals surface area contributed by atoms with Crippen LogP contribution in [0.15, 0.2) is 10.4 Å². The molecule has 0 aliphatic heterocycles. The Hall–Kier alpha value is -1.10. The number of nitrogens with one attached hydrogen (secondary N) is 2. The molecule has 1 saturated carbocycles. The molecule has 9 heteroatoms. The van der Waals surface area contributed by atoms with Gasteiger partial charge in [-0.25, -0.2) is 9.98 Å². The van der Waals surface area contributed by atoms with Gasteiger partial charge in [0.05, 0.1) is 12.2 Å². The summed E-state index contributed by atoms with van der Waals surface area (Å²) in [6.45, 7) is 4.04. The monoisotopic (exact) mass is 509 g/mol. The number of thiazole rings is 1. The normalized spacial score (nSPS) is 14.6. The third-order valence-corrected chi connectivity index (χ3v) is 5.17. The molecule has 1 fully saturated rings. The molecule has 2 rings (SSSR count). The lowest BCUT2D eigenvalue weighted by molar-refractivity contribution is -0.148. The first-order valence-corrected chi connectivity index (χ1v) is 10.3. The van der Waals surface area contributed by atoms with Crippen LogP contribution in [0, 0.1) is 0 Å². The van der Waals surface area contributed by atoms with Crippen molar-refractivity contribution < 1.29 is 9.53 Å². The molecule has 0 unspecified atom stereocenters. The Bertz CT molecular complexity index is 588. The average molecular weight is 509 g/mol. The molecule has 1 aromatic heterocycles. The van der Waals surface area contributed by atoms with E-state index in [9.17, 15) is 4.79 Å². The Balaban J connectivity index is 0.00000364. The average Bonchev–Trinajstić information content (AvgIpc) is 3.28. The largest absolute Gasteiger partial charge is 0.462 e. The quantitative estimate of drug-likeness (QED) is 0.175. The van der Waals surface area contributed by atoms with Crippen LogP contribution in [0.25, 0.3) is 0 Å². The van der Waals surface area contributed by atoms with Gasteiger partial charge in [-0.05, 0) is 39.0 Å². The van der Waals surface area contributed by atoms with Crippen molar-refractivity contribution in [3.8, 4) is 0 Å². The maximum Gasteiger partial charge on any atom is 0.306 e. The molecule has 0 spiro atoms. The third-order valence-electron chi connectivity index (χ3n) is 4.12. The molecule has 0 amide bonds. The van der Waals surface area contributed by atoms with Crippen molar-refractivity contribution in [1.29, 1.82) is 0 Å². The topological polar surface area (TPSA) is 78.9 Å². The summed E-state index contributed by atoms with van der Waals surface area (Å²) < 4.78 is 5.47. The zero-order valence-corrected chi connectivity index (χ0v) is 19.6. The first-order chi connectivity index (χ1) is 12.6. The summed E-state index contributed by atoms with van der Waals surface area (Å²) in [6.07, 6.45) is 5.73. The maximum absolute atomic E-state index is 11.8. The Morgan fingerprint density at radius 1 is 1.37 bits per heavy atom. The number of esters is 1. The molecule has 0 bridgehead atoms. The number of rotatable bonds is 9. The molecule has 0 radical (unpaired) electrons. The molecule has 27 heavy (non-hydrogen) atoms.